The molecule has 0 radical (unpaired) electrons. The predicted octanol–water partition coefficient (Wildman–Crippen LogP) is 2.14. The topological polar surface area (TPSA) is 39.7 Å². The monoisotopic (exact) mass is 251 g/mol. The van der Waals surface area contributed by atoms with Crippen molar-refractivity contribution in [1.82, 2.24) is 5.32 Å². The van der Waals surface area contributed by atoms with E-state index in [0.717, 1.165) is 18.0 Å². The molecule has 1 aliphatic heterocycles. The van der Waals surface area contributed by atoms with Crippen molar-refractivity contribution >= 4 is 0 Å². The molecule has 0 saturated carbocycles. The summed E-state index contributed by atoms with van der Waals surface area (Å²) >= 11 is 0. The summed E-state index contributed by atoms with van der Waals surface area (Å²) in [5.41, 5.74) is 1.21. The first-order valence-corrected chi connectivity index (χ1v) is 6.40. The molecule has 18 heavy (non-hydrogen) atoms. The fraction of sp³-hybridized carbons (Fsp3) is 0.571. The van der Waals surface area contributed by atoms with Crippen molar-refractivity contribution in [2.45, 2.75) is 26.0 Å². The highest BCUT2D eigenvalue weighted by Gasteiger charge is 2.23. The van der Waals surface area contributed by atoms with Crippen molar-refractivity contribution in [1.29, 1.82) is 0 Å². The third-order valence-electron chi connectivity index (χ3n) is 2.96. The van der Waals surface area contributed by atoms with Crippen LogP contribution in [0.3, 0.4) is 0 Å². The first-order chi connectivity index (χ1) is 8.74. The second-order valence-corrected chi connectivity index (χ2v) is 4.50. The number of rotatable bonds is 6. The number of methoxy groups -OCH3 is 1. The van der Waals surface area contributed by atoms with Gasteiger partial charge in [0, 0.05) is 18.7 Å². The third kappa shape index (κ3) is 2.94. The minimum absolute atomic E-state index is 0.0408. The second-order valence-electron chi connectivity index (χ2n) is 4.50. The molecule has 1 aliphatic rings. The smallest absolute Gasteiger partial charge is 0.128 e. The van der Waals surface area contributed by atoms with E-state index in [2.05, 4.69) is 18.3 Å². The molecule has 0 fully saturated rings. The van der Waals surface area contributed by atoms with E-state index < -0.39 is 0 Å². The van der Waals surface area contributed by atoms with Gasteiger partial charge >= 0.3 is 0 Å². The summed E-state index contributed by atoms with van der Waals surface area (Å²) in [4.78, 5) is 0. The Balaban J connectivity index is 2.05. The van der Waals surface area contributed by atoms with E-state index in [-0.39, 0.29) is 6.10 Å². The largest absolute Gasteiger partial charge is 0.491 e. The fourth-order valence-electron chi connectivity index (χ4n) is 2.18. The number of hydrogen-bond acceptors (Lipinski definition) is 4. The highest BCUT2D eigenvalue weighted by Crippen LogP contribution is 2.35. The van der Waals surface area contributed by atoms with Crippen LogP contribution in [0.4, 0.5) is 0 Å². The molecule has 0 bridgehead atoms. The minimum atomic E-state index is 0.0408. The maximum absolute atomic E-state index is 5.75. The number of benzene rings is 1. The van der Waals surface area contributed by atoms with Crippen molar-refractivity contribution in [2.24, 2.45) is 0 Å². The molecule has 0 aliphatic carbocycles. The Morgan fingerprint density at radius 2 is 2.33 bits per heavy atom. The maximum atomic E-state index is 5.75. The summed E-state index contributed by atoms with van der Waals surface area (Å²) in [6.45, 7) is 6.30. The molecule has 2 atom stereocenters. The lowest BCUT2D eigenvalue weighted by Crippen LogP contribution is -2.21. The van der Waals surface area contributed by atoms with Crippen LogP contribution in [-0.4, -0.2) is 33.0 Å². The average molecular weight is 251 g/mol. The first kappa shape index (κ1) is 13.2. The maximum Gasteiger partial charge on any atom is 0.128 e. The molecule has 4 heteroatoms. The molecule has 0 spiro atoms. The standard InChI is InChI=1S/C14H21NO3/c1-4-15-13-9-17-14-7-11(5-6-12(13)14)18-10(2)8-16-3/h5-7,10,13,15H,4,8-9H2,1-3H3. The van der Waals surface area contributed by atoms with Gasteiger partial charge in [-0.25, -0.2) is 0 Å². The van der Waals surface area contributed by atoms with Crippen LogP contribution in [0.1, 0.15) is 25.5 Å². The molecule has 2 rings (SSSR count). The molecule has 0 aromatic heterocycles. The highest BCUT2D eigenvalue weighted by atomic mass is 16.5. The van der Waals surface area contributed by atoms with Crippen molar-refractivity contribution in [2.75, 3.05) is 26.9 Å². The number of likely N-dealkylation sites (N-methyl/N-ethyl adjacent to an activating group) is 1. The van der Waals surface area contributed by atoms with Crippen LogP contribution < -0.4 is 14.8 Å². The van der Waals surface area contributed by atoms with E-state index in [1.54, 1.807) is 7.11 Å². The molecular weight excluding hydrogens is 230 g/mol. The van der Waals surface area contributed by atoms with Crippen LogP contribution in [0, 0.1) is 0 Å². The normalized spacial score (nSPS) is 19.2. The van der Waals surface area contributed by atoms with Crippen molar-refractivity contribution < 1.29 is 14.2 Å². The summed E-state index contributed by atoms with van der Waals surface area (Å²) in [5.74, 6) is 1.75. The second kappa shape index (κ2) is 6.07. The fourth-order valence-corrected chi connectivity index (χ4v) is 2.18. The van der Waals surface area contributed by atoms with Gasteiger partial charge in [0.1, 0.15) is 24.2 Å². The molecule has 2 unspecified atom stereocenters. The van der Waals surface area contributed by atoms with Crippen molar-refractivity contribution in [3.8, 4) is 11.5 Å². The lowest BCUT2D eigenvalue weighted by Gasteiger charge is -2.14. The predicted molar refractivity (Wildman–Crippen MR) is 70.3 cm³/mol. The Hall–Kier alpha value is -1.26. The summed E-state index contributed by atoms with van der Waals surface area (Å²) < 4.78 is 16.5. The van der Waals surface area contributed by atoms with Crippen molar-refractivity contribution in [3.05, 3.63) is 23.8 Å². The Kier molecular flexibility index (Phi) is 4.44. The lowest BCUT2D eigenvalue weighted by atomic mass is 10.1. The molecule has 1 N–H and O–H groups in total. The van der Waals surface area contributed by atoms with Crippen LogP contribution in [-0.2, 0) is 4.74 Å². The van der Waals surface area contributed by atoms with Crippen LogP contribution in [0.15, 0.2) is 18.2 Å². The zero-order valence-electron chi connectivity index (χ0n) is 11.2. The molecule has 4 nitrogen and oxygen atoms in total. The number of nitrogens with one attached hydrogen (secondary N) is 1. The van der Waals surface area contributed by atoms with Gasteiger partial charge in [-0.15, -0.1) is 0 Å². The van der Waals surface area contributed by atoms with E-state index in [1.807, 2.05) is 19.1 Å². The van der Waals surface area contributed by atoms with E-state index in [4.69, 9.17) is 14.2 Å². The Labute approximate surface area is 108 Å². The van der Waals surface area contributed by atoms with Gasteiger partial charge in [0.15, 0.2) is 0 Å². The van der Waals surface area contributed by atoms with E-state index in [0.29, 0.717) is 19.3 Å². The molecule has 1 aromatic carbocycles. The lowest BCUT2D eigenvalue weighted by molar-refractivity contribution is 0.0919. The van der Waals surface area contributed by atoms with Crippen LogP contribution in [0.2, 0.25) is 0 Å². The van der Waals surface area contributed by atoms with Crippen LogP contribution >= 0.6 is 0 Å². The van der Waals surface area contributed by atoms with Gasteiger partial charge in [0.25, 0.3) is 0 Å². The number of ether oxygens (including phenoxy) is 3. The van der Waals surface area contributed by atoms with E-state index >= 15 is 0 Å². The average Bonchev–Trinajstić information content (AvgIpc) is 2.73. The molecule has 1 aromatic rings. The third-order valence-corrected chi connectivity index (χ3v) is 2.96. The first-order valence-electron chi connectivity index (χ1n) is 6.40. The van der Waals surface area contributed by atoms with Gasteiger partial charge in [-0.2, -0.15) is 0 Å². The van der Waals surface area contributed by atoms with E-state index in [9.17, 15) is 0 Å². The van der Waals surface area contributed by atoms with Gasteiger partial charge in [-0.1, -0.05) is 6.92 Å². The number of fused-ring (bicyclic) bond motifs is 1. The van der Waals surface area contributed by atoms with Gasteiger partial charge in [0.05, 0.1) is 12.6 Å². The van der Waals surface area contributed by atoms with Gasteiger partial charge in [0.2, 0.25) is 0 Å². The van der Waals surface area contributed by atoms with Crippen LogP contribution in [0.5, 0.6) is 11.5 Å². The quantitative estimate of drug-likeness (QED) is 0.841. The van der Waals surface area contributed by atoms with Gasteiger partial charge in [-0.3, -0.25) is 0 Å². The SMILES string of the molecule is CCNC1COc2cc(OC(C)COC)ccc21. The molecule has 0 saturated heterocycles. The molecular formula is C14H21NO3. The number of hydrogen-bond donors (Lipinski definition) is 1. The summed E-state index contributed by atoms with van der Waals surface area (Å²) in [6, 6.07) is 6.32. The Morgan fingerprint density at radius 1 is 1.50 bits per heavy atom. The zero-order chi connectivity index (χ0) is 13.0. The zero-order valence-corrected chi connectivity index (χ0v) is 11.2. The summed E-state index contributed by atoms with van der Waals surface area (Å²) in [7, 11) is 1.67. The van der Waals surface area contributed by atoms with Crippen molar-refractivity contribution in [3.63, 3.8) is 0 Å². The Bertz CT molecular complexity index is 395. The Morgan fingerprint density at radius 3 is 3.06 bits per heavy atom. The summed E-state index contributed by atoms with van der Waals surface area (Å²) in [6.07, 6.45) is 0.0408. The van der Waals surface area contributed by atoms with Gasteiger partial charge < -0.3 is 19.5 Å². The highest BCUT2D eigenvalue weighted by molar-refractivity contribution is 5.45. The van der Waals surface area contributed by atoms with E-state index in [1.165, 1.54) is 5.56 Å². The minimum Gasteiger partial charge on any atom is -0.491 e. The van der Waals surface area contributed by atoms with Gasteiger partial charge in [-0.05, 0) is 25.6 Å². The molecule has 1 heterocycles. The summed E-state index contributed by atoms with van der Waals surface area (Å²) in [5, 5.41) is 3.40. The van der Waals surface area contributed by atoms with Crippen LogP contribution in [0.25, 0.3) is 0 Å². The molecule has 0 amide bonds. The molecule has 100 valence electrons.